The molecule has 1 aliphatic rings. The molecule has 0 radical (unpaired) electrons. The molecule has 38 heavy (non-hydrogen) atoms. The number of halogens is 1. The Hall–Kier alpha value is -2.16. The molecule has 1 atom stereocenters. The smallest absolute Gasteiger partial charge is 0.409 e. The van der Waals surface area contributed by atoms with Crippen LogP contribution in [0.3, 0.4) is 0 Å². The molecular weight excluding hydrogens is 533 g/mol. The molecule has 212 valence electrons. The molecule has 1 unspecified atom stereocenters. The van der Waals surface area contributed by atoms with Gasteiger partial charge < -0.3 is 23.8 Å². The summed E-state index contributed by atoms with van der Waals surface area (Å²) in [5.41, 5.74) is 4.66. The third-order valence-electron chi connectivity index (χ3n) is 6.95. The van der Waals surface area contributed by atoms with Gasteiger partial charge in [-0.25, -0.2) is 9.18 Å². The summed E-state index contributed by atoms with van der Waals surface area (Å²) in [4.78, 5) is 15.7. The monoisotopic (exact) mass is 571 g/mol. The van der Waals surface area contributed by atoms with Crippen LogP contribution in [0.5, 0.6) is 0 Å². The lowest BCUT2D eigenvalue weighted by Gasteiger charge is -2.42. The van der Waals surface area contributed by atoms with Crippen molar-refractivity contribution in [2.45, 2.75) is 77.6 Å². The molecule has 0 saturated carbocycles. The fraction of sp³-hybridized carbons (Fsp3) is 0.600. The van der Waals surface area contributed by atoms with Crippen molar-refractivity contribution in [3.8, 4) is 0 Å². The van der Waals surface area contributed by atoms with Crippen LogP contribution in [0, 0.1) is 5.82 Å². The number of benzene rings is 1. The van der Waals surface area contributed by atoms with Gasteiger partial charge in [0.05, 0.1) is 24.9 Å². The maximum atomic E-state index is 15.8. The van der Waals surface area contributed by atoms with E-state index in [0.717, 1.165) is 4.31 Å². The largest absolute Gasteiger partial charge is 0.421 e. The molecule has 1 fully saturated rings. The number of rotatable bonds is 8. The van der Waals surface area contributed by atoms with Gasteiger partial charge in [0.25, 0.3) is 0 Å². The molecule has 2 heterocycles. The van der Waals surface area contributed by atoms with Crippen molar-refractivity contribution in [2.75, 3.05) is 19.8 Å². The number of ether oxygens (including phenoxy) is 2. The molecule has 0 spiro atoms. The first-order chi connectivity index (χ1) is 17.3. The Morgan fingerprint density at radius 1 is 1.21 bits per heavy atom. The minimum atomic E-state index is -4.61. The topological polar surface area (TPSA) is 130 Å². The number of amides is 1. The van der Waals surface area contributed by atoms with E-state index >= 15 is 4.39 Å². The van der Waals surface area contributed by atoms with Gasteiger partial charge in [0.1, 0.15) is 5.82 Å². The van der Waals surface area contributed by atoms with E-state index in [1.54, 1.807) is 39.2 Å². The molecule has 1 aliphatic heterocycles. The van der Waals surface area contributed by atoms with E-state index in [1.807, 2.05) is 33.9 Å². The van der Waals surface area contributed by atoms with Gasteiger partial charge in [-0.2, -0.15) is 12.7 Å². The predicted octanol–water partition coefficient (Wildman–Crippen LogP) is 4.92. The van der Waals surface area contributed by atoms with Crippen molar-refractivity contribution in [3.05, 3.63) is 41.5 Å². The summed E-state index contributed by atoms with van der Waals surface area (Å²) in [7, 11) is -7.17. The molecule has 2 aromatic rings. The first kappa shape index (κ1) is 30.4. The molecule has 1 amide bonds. The number of carbonyl (C=O) groups excluding carboxylic acids is 1. The summed E-state index contributed by atoms with van der Waals surface area (Å²) < 4.78 is 65.5. The number of pyridine rings is 1. The lowest BCUT2D eigenvalue weighted by molar-refractivity contribution is -0.0453. The van der Waals surface area contributed by atoms with E-state index < -0.39 is 48.5 Å². The van der Waals surface area contributed by atoms with Gasteiger partial charge >= 0.3 is 16.4 Å². The minimum absolute atomic E-state index is 0.243. The number of nitrogens with zero attached hydrogens (tertiary/aromatic N) is 2. The molecule has 13 heteroatoms. The molecule has 1 aromatic carbocycles. The van der Waals surface area contributed by atoms with E-state index in [2.05, 4.69) is 9.17 Å². The highest BCUT2D eigenvalue weighted by molar-refractivity contribution is 7.84. The van der Waals surface area contributed by atoms with Gasteiger partial charge in [0.15, 0.2) is 14.6 Å². The van der Waals surface area contributed by atoms with E-state index in [1.165, 1.54) is 6.07 Å². The highest BCUT2D eigenvalue weighted by Gasteiger charge is 2.44. The van der Waals surface area contributed by atoms with Crippen molar-refractivity contribution in [3.63, 3.8) is 0 Å². The van der Waals surface area contributed by atoms with Gasteiger partial charge in [-0.1, -0.05) is 20.8 Å². The standard InChI is InChI=1S/C25H38FN3O7SSi/c1-24(2,3)29(37(31,32)35-23(27)30)15-20(36-38(7,8)25(4,5)6)17-13-19(26)21(22-33-11-12-34-22)16-9-10-28-14-18(16)17/h9-10,13-14,20,22H,11-12,15H2,1-8H3,(H2,27,30). The summed E-state index contributed by atoms with van der Waals surface area (Å²) in [6.07, 6.45) is -0.144. The first-order valence-corrected chi connectivity index (χ1v) is 16.6. The average molecular weight is 572 g/mol. The fourth-order valence-electron chi connectivity index (χ4n) is 4.04. The summed E-state index contributed by atoms with van der Waals surface area (Å²) in [6.45, 7) is 15.5. The zero-order valence-electron chi connectivity index (χ0n) is 23.2. The molecule has 1 saturated heterocycles. The second kappa shape index (κ2) is 10.8. The number of hydrogen-bond donors (Lipinski definition) is 1. The van der Waals surface area contributed by atoms with Gasteiger partial charge in [0, 0.05) is 29.9 Å². The molecular formula is C25H38FN3O7SSi. The lowest BCUT2D eigenvalue weighted by Crippen LogP contribution is -2.51. The lowest BCUT2D eigenvalue weighted by atomic mass is 9.96. The second-order valence-electron chi connectivity index (χ2n) is 11.8. The van der Waals surface area contributed by atoms with E-state index in [9.17, 15) is 13.2 Å². The van der Waals surface area contributed by atoms with Crippen LogP contribution >= 0.6 is 0 Å². The number of aromatic nitrogens is 1. The number of fused-ring (bicyclic) bond motifs is 1. The number of carbonyl (C=O) groups is 1. The SMILES string of the molecule is CC(C)(C)N(CC(O[Si](C)(C)C(C)(C)C)c1cc(F)c(C2OCCO2)c2ccncc12)S(=O)(=O)OC(N)=O. The number of primary amides is 1. The van der Waals surface area contributed by atoms with Crippen LogP contribution in [0.4, 0.5) is 9.18 Å². The summed E-state index contributed by atoms with van der Waals surface area (Å²) in [6, 6.07) is 2.99. The molecule has 10 nitrogen and oxygen atoms in total. The predicted molar refractivity (Wildman–Crippen MR) is 143 cm³/mol. The Bertz CT molecular complexity index is 1290. The zero-order chi connectivity index (χ0) is 28.7. The second-order valence-corrected chi connectivity index (χ2v) is 18.0. The maximum Gasteiger partial charge on any atom is 0.421 e. The summed E-state index contributed by atoms with van der Waals surface area (Å²) in [5.74, 6) is -0.576. The Morgan fingerprint density at radius 3 is 2.34 bits per heavy atom. The zero-order valence-corrected chi connectivity index (χ0v) is 25.0. The van der Waals surface area contributed by atoms with Crippen molar-refractivity contribution in [1.82, 2.24) is 9.29 Å². The quantitative estimate of drug-likeness (QED) is 0.442. The highest BCUT2D eigenvalue weighted by Crippen LogP contribution is 2.43. The molecule has 3 rings (SSSR count). The number of hydrogen-bond acceptors (Lipinski definition) is 8. The summed E-state index contributed by atoms with van der Waals surface area (Å²) in [5, 5.41) is 0.830. The first-order valence-electron chi connectivity index (χ1n) is 12.3. The van der Waals surface area contributed by atoms with Crippen molar-refractivity contribution in [2.24, 2.45) is 5.73 Å². The number of nitrogens with two attached hydrogens (primary N) is 1. The Labute approximate surface area is 225 Å². The van der Waals surface area contributed by atoms with E-state index in [4.69, 9.17) is 19.6 Å². The minimum Gasteiger partial charge on any atom is -0.409 e. The van der Waals surface area contributed by atoms with Gasteiger partial charge in [-0.3, -0.25) is 4.98 Å². The Balaban J connectivity index is 2.24. The Morgan fingerprint density at radius 2 is 1.82 bits per heavy atom. The third-order valence-corrected chi connectivity index (χ3v) is 13.0. The van der Waals surface area contributed by atoms with Crippen LogP contribution in [0.1, 0.15) is 65.1 Å². The highest BCUT2D eigenvalue weighted by atomic mass is 32.2. The Kier molecular flexibility index (Phi) is 8.62. The van der Waals surface area contributed by atoms with Gasteiger partial charge in [0.2, 0.25) is 0 Å². The van der Waals surface area contributed by atoms with Crippen molar-refractivity contribution < 1.29 is 35.7 Å². The van der Waals surface area contributed by atoms with Crippen LogP contribution in [-0.2, 0) is 28.4 Å². The van der Waals surface area contributed by atoms with Gasteiger partial charge in [-0.15, -0.1) is 0 Å². The normalized spacial score (nSPS) is 16.8. The fourth-order valence-corrected chi connectivity index (χ4v) is 6.60. The van der Waals surface area contributed by atoms with Crippen LogP contribution in [0.2, 0.25) is 18.1 Å². The van der Waals surface area contributed by atoms with Crippen molar-refractivity contribution >= 4 is 35.5 Å². The summed E-state index contributed by atoms with van der Waals surface area (Å²) >= 11 is 0. The van der Waals surface area contributed by atoms with Crippen LogP contribution in [-0.4, -0.2) is 57.4 Å². The maximum absolute atomic E-state index is 15.8. The van der Waals surface area contributed by atoms with Crippen LogP contribution < -0.4 is 5.73 Å². The van der Waals surface area contributed by atoms with Crippen molar-refractivity contribution in [1.29, 1.82) is 0 Å². The molecule has 1 aromatic heterocycles. The molecule has 2 N–H and O–H groups in total. The van der Waals surface area contributed by atoms with Crippen LogP contribution in [0.15, 0.2) is 24.5 Å². The van der Waals surface area contributed by atoms with Crippen LogP contribution in [0.25, 0.3) is 10.8 Å². The van der Waals surface area contributed by atoms with E-state index in [0.29, 0.717) is 29.5 Å². The molecule has 0 bridgehead atoms. The van der Waals surface area contributed by atoms with Gasteiger partial charge in [-0.05, 0) is 62.0 Å². The third kappa shape index (κ3) is 6.51. The van der Waals surface area contributed by atoms with E-state index in [-0.39, 0.29) is 17.1 Å². The average Bonchev–Trinajstić information content (AvgIpc) is 3.27. The molecule has 0 aliphatic carbocycles.